The Morgan fingerprint density at radius 3 is 2.40 bits per heavy atom. The molecule has 0 saturated carbocycles. The predicted octanol–water partition coefficient (Wildman–Crippen LogP) is 3.02. The Morgan fingerprint density at radius 2 is 1.80 bits per heavy atom. The second-order valence-corrected chi connectivity index (χ2v) is 4.68. The van der Waals surface area contributed by atoms with Crippen molar-refractivity contribution in [3.63, 3.8) is 0 Å². The standard InChI is InChI=1S/C12H23FO2/c1-5-6-14-7-11-9(3)8(2)10(4)12(13)15-11/h8-12H,5-7H2,1-4H3/t8-,9+,10?,11?,12?/m0/s1. The van der Waals surface area contributed by atoms with E-state index < -0.39 is 6.36 Å². The first-order valence-electron chi connectivity index (χ1n) is 5.95. The second-order valence-electron chi connectivity index (χ2n) is 4.68. The van der Waals surface area contributed by atoms with Gasteiger partial charge in [-0.2, -0.15) is 0 Å². The summed E-state index contributed by atoms with van der Waals surface area (Å²) < 4.78 is 24.3. The quantitative estimate of drug-likeness (QED) is 0.675. The molecule has 0 aromatic carbocycles. The van der Waals surface area contributed by atoms with Gasteiger partial charge in [-0.3, -0.25) is 0 Å². The lowest BCUT2D eigenvalue weighted by Gasteiger charge is -2.40. The molecule has 2 nitrogen and oxygen atoms in total. The average Bonchev–Trinajstić information content (AvgIpc) is 2.23. The predicted molar refractivity (Wildman–Crippen MR) is 58.4 cm³/mol. The van der Waals surface area contributed by atoms with E-state index in [0.29, 0.717) is 18.4 Å². The molecule has 0 bridgehead atoms. The van der Waals surface area contributed by atoms with E-state index in [0.717, 1.165) is 13.0 Å². The van der Waals surface area contributed by atoms with Crippen LogP contribution in [0.15, 0.2) is 0 Å². The minimum atomic E-state index is -1.13. The summed E-state index contributed by atoms with van der Waals surface area (Å²) in [6.45, 7) is 9.44. The molecule has 3 unspecified atom stereocenters. The van der Waals surface area contributed by atoms with Crippen LogP contribution in [0.4, 0.5) is 4.39 Å². The zero-order chi connectivity index (χ0) is 11.4. The highest BCUT2D eigenvalue weighted by Gasteiger charge is 2.39. The van der Waals surface area contributed by atoms with Crippen LogP contribution in [0.1, 0.15) is 34.1 Å². The molecule has 1 aliphatic heterocycles. The number of rotatable bonds is 4. The molecule has 3 heteroatoms. The molecule has 0 aliphatic carbocycles. The van der Waals surface area contributed by atoms with Gasteiger partial charge in [0.05, 0.1) is 12.7 Å². The van der Waals surface area contributed by atoms with E-state index >= 15 is 0 Å². The van der Waals surface area contributed by atoms with Crippen molar-refractivity contribution in [2.24, 2.45) is 17.8 Å². The maximum atomic E-state index is 13.5. The van der Waals surface area contributed by atoms with Crippen molar-refractivity contribution in [1.29, 1.82) is 0 Å². The van der Waals surface area contributed by atoms with Crippen molar-refractivity contribution >= 4 is 0 Å². The lowest BCUT2D eigenvalue weighted by molar-refractivity contribution is -0.202. The second kappa shape index (κ2) is 5.80. The van der Waals surface area contributed by atoms with Gasteiger partial charge in [0.2, 0.25) is 6.36 Å². The molecule has 1 heterocycles. The Balaban J connectivity index is 2.43. The molecule has 0 amide bonds. The van der Waals surface area contributed by atoms with E-state index in [1.807, 2.05) is 6.92 Å². The average molecular weight is 218 g/mol. The summed E-state index contributed by atoms with van der Waals surface area (Å²) in [6.07, 6.45) is -0.226. The zero-order valence-electron chi connectivity index (χ0n) is 10.2. The summed E-state index contributed by atoms with van der Waals surface area (Å²) >= 11 is 0. The number of halogens is 1. The first-order chi connectivity index (χ1) is 7.07. The van der Waals surface area contributed by atoms with Crippen molar-refractivity contribution in [1.82, 2.24) is 0 Å². The Morgan fingerprint density at radius 1 is 1.13 bits per heavy atom. The molecule has 1 fully saturated rings. The van der Waals surface area contributed by atoms with Crippen LogP contribution in [0.25, 0.3) is 0 Å². The van der Waals surface area contributed by atoms with E-state index in [1.165, 1.54) is 0 Å². The smallest absolute Gasteiger partial charge is 0.201 e. The summed E-state index contributed by atoms with van der Waals surface area (Å²) in [5.41, 5.74) is 0. The number of alkyl halides is 1. The lowest BCUT2D eigenvalue weighted by atomic mass is 9.79. The van der Waals surface area contributed by atoms with Crippen molar-refractivity contribution in [2.45, 2.75) is 46.6 Å². The van der Waals surface area contributed by atoms with E-state index in [2.05, 4.69) is 20.8 Å². The number of hydrogen-bond donors (Lipinski definition) is 0. The Kier molecular flexibility index (Phi) is 5.00. The highest BCUT2D eigenvalue weighted by Crippen LogP contribution is 2.35. The Hall–Kier alpha value is -0.150. The highest BCUT2D eigenvalue weighted by atomic mass is 19.1. The van der Waals surface area contributed by atoms with Gasteiger partial charge in [-0.25, -0.2) is 4.39 Å². The van der Waals surface area contributed by atoms with Gasteiger partial charge in [-0.05, 0) is 18.3 Å². The summed E-state index contributed by atoms with van der Waals surface area (Å²) in [7, 11) is 0. The molecule has 0 N–H and O–H groups in total. The summed E-state index contributed by atoms with van der Waals surface area (Å²) in [5.74, 6) is 0.704. The van der Waals surface area contributed by atoms with E-state index in [9.17, 15) is 4.39 Å². The summed E-state index contributed by atoms with van der Waals surface area (Å²) in [4.78, 5) is 0. The van der Waals surface area contributed by atoms with Gasteiger partial charge >= 0.3 is 0 Å². The van der Waals surface area contributed by atoms with Crippen LogP contribution in [-0.4, -0.2) is 25.7 Å². The largest absolute Gasteiger partial charge is 0.379 e. The van der Waals surface area contributed by atoms with Gasteiger partial charge in [0.25, 0.3) is 0 Å². The van der Waals surface area contributed by atoms with Crippen LogP contribution >= 0.6 is 0 Å². The van der Waals surface area contributed by atoms with Gasteiger partial charge in [0.15, 0.2) is 0 Å². The minimum Gasteiger partial charge on any atom is -0.379 e. The fourth-order valence-corrected chi connectivity index (χ4v) is 2.01. The Labute approximate surface area is 92.1 Å². The molecular weight excluding hydrogens is 195 g/mol. The first kappa shape index (κ1) is 12.9. The number of hydrogen-bond acceptors (Lipinski definition) is 2. The molecule has 5 atom stereocenters. The van der Waals surface area contributed by atoms with E-state index in [4.69, 9.17) is 9.47 Å². The van der Waals surface area contributed by atoms with Gasteiger partial charge < -0.3 is 9.47 Å². The molecule has 1 rings (SSSR count). The monoisotopic (exact) mass is 218 g/mol. The third-order valence-electron chi connectivity index (χ3n) is 3.59. The van der Waals surface area contributed by atoms with Crippen molar-refractivity contribution in [2.75, 3.05) is 13.2 Å². The molecule has 0 aromatic heterocycles. The van der Waals surface area contributed by atoms with Crippen LogP contribution in [0.5, 0.6) is 0 Å². The van der Waals surface area contributed by atoms with Crippen LogP contribution in [0.3, 0.4) is 0 Å². The van der Waals surface area contributed by atoms with Crippen molar-refractivity contribution < 1.29 is 13.9 Å². The van der Waals surface area contributed by atoms with Crippen LogP contribution in [-0.2, 0) is 9.47 Å². The molecule has 1 aliphatic rings. The third kappa shape index (κ3) is 3.15. The zero-order valence-corrected chi connectivity index (χ0v) is 10.2. The molecule has 0 radical (unpaired) electrons. The van der Waals surface area contributed by atoms with Crippen LogP contribution < -0.4 is 0 Å². The molecule has 0 spiro atoms. The van der Waals surface area contributed by atoms with Crippen molar-refractivity contribution in [3.8, 4) is 0 Å². The SMILES string of the molecule is CCCOCC1OC(F)C(C)[C@@H](C)[C@H]1C. The number of ether oxygens (including phenoxy) is 2. The maximum Gasteiger partial charge on any atom is 0.201 e. The van der Waals surface area contributed by atoms with Gasteiger partial charge in [0.1, 0.15) is 0 Å². The molecule has 90 valence electrons. The van der Waals surface area contributed by atoms with Crippen LogP contribution in [0, 0.1) is 17.8 Å². The molecular formula is C12H23FO2. The minimum absolute atomic E-state index is 0.0116. The maximum absolute atomic E-state index is 13.5. The summed E-state index contributed by atoms with van der Waals surface area (Å²) in [5, 5.41) is 0. The fourth-order valence-electron chi connectivity index (χ4n) is 2.01. The first-order valence-corrected chi connectivity index (χ1v) is 5.95. The fraction of sp³-hybridized carbons (Fsp3) is 1.00. The molecule has 15 heavy (non-hydrogen) atoms. The van der Waals surface area contributed by atoms with Gasteiger partial charge in [0, 0.05) is 12.5 Å². The van der Waals surface area contributed by atoms with Gasteiger partial charge in [-0.1, -0.05) is 27.7 Å². The topological polar surface area (TPSA) is 18.5 Å². The molecule has 1 saturated heterocycles. The normalized spacial score (nSPS) is 41.8. The summed E-state index contributed by atoms with van der Waals surface area (Å²) in [6, 6.07) is 0. The van der Waals surface area contributed by atoms with E-state index in [-0.39, 0.29) is 12.0 Å². The highest BCUT2D eigenvalue weighted by molar-refractivity contribution is 4.82. The Bertz CT molecular complexity index is 186. The van der Waals surface area contributed by atoms with Gasteiger partial charge in [-0.15, -0.1) is 0 Å². The molecule has 0 aromatic rings. The van der Waals surface area contributed by atoms with Crippen LogP contribution in [0.2, 0.25) is 0 Å². The van der Waals surface area contributed by atoms with Crippen molar-refractivity contribution in [3.05, 3.63) is 0 Å². The lowest BCUT2D eigenvalue weighted by Crippen LogP contribution is -2.44. The third-order valence-corrected chi connectivity index (χ3v) is 3.59. The van der Waals surface area contributed by atoms with E-state index in [1.54, 1.807) is 0 Å².